The molecule has 0 radical (unpaired) electrons. The largest absolute Gasteiger partial charge is 0.478 e. The van der Waals surface area contributed by atoms with Gasteiger partial charge in [-0.3, -0.25) is 4.79 Å². The van der Waals surface area contributed by atoms with Crippen molar-refractivity contribution >= 4 is 11.9 Å². The van der Waals surface area contributed by atoms with Crippen LogP contribution >= 0.6 is 0 Å². The fraction of sp³-hybridized carbons (Fsp3) is 0.636. The Balaban J connectivity index is 2.52. The predicted molar refractivity (Wildman–Crippen MR) is 57.9 cm³/mol. The van der Waals surface area contributed by atoms with Crippen molar-refractivity contribution in [2.24, 2.45) is 5.41 Å². The summed E-state index contributed by atoms with van der Waals surface area (Å²) in [7, 11) is 0. The Labute approximate surface area is 94.5 Å². The zero-order valence-corrected chi connectivity index (χ0v) is 9.79. The van der Waals surface area contributed by atoms with Crippen LogP contribution in [0.1, 0.15) is 20.8 Å². The second-order valence-electron chi connectivity index (χ2n) is 4.54. The van der Waals surface area contributed by atoms with Crippen LogP contribution in [-0.2, 0) is 14.3 Å². The minimum absolute atomic E-state index is 0.00688. The first-order chi connectivity index (χ1) is 7.36. The Morgan fingerprint density at radius 3 is 2.25 bits per heavy atom. The van der Waals surface area contributed by atoms with Gasteiger partial charge >= 0.3 is 5.97 Å². The molecule has 2 N–H and O–H groups in total. The Kier molecular flexibility index (Phi) is 3.70. The number of rotatable bonds is 4. The molecule has 1 fully saturated rings. The Morgan fingerprint density at radius 2 is 1.88 bits per heavy atom. The highest BCUT2D eigenvalue weighted by molar-refractivity contribution is 6.01. The summed E-state index contributed by atoms with van der Waals surface area (Å²) in [6.07, 6.45) is 0. The lowest BCUT2D eigenvalue weighted by Crippen LogP contribution is -2.48. The third kappa shape index (κ3) is 2.82. The number of nitrogens with one attached hydrogen (secondary N) is 1. The van der Waals surface area contributed by atoms with Gasteiger partial charge in [-0.1, -0.05) is 6.92 Å². The molecule has 16 heavy (non-hydrogen) atoms. The van der Waals surface area contributed by atoms with Crippen molar-refractivity contribution in [3.05, 3.63) is 11.1 Å². The monoisotopic (exact) mass is 227 g/mol. The van der Waals surface area contributed by atoms with Crippen LogP contribution in [0.4, 0.5) is 0 Å². The summed E-state index contributed by atoms with van der Waals surface area (Å²) in [5, 5.41) is 11.4. The molecule has 1 aliphatic heterocycles. The van der Waals surface area contributed by atoms with Gasteiger partial charge in [-0.2, -0.15) is 0 Å². The lowest BCUT2D eigenvalue weighted by Gasteiger charge is -2.38. The maximum absolute atomic E-state index is 11.6. The Hall–Kier alpha value is -1.36. The van der Waals surface area contributed by atoms with E-state index in [4.69, 9.17) is 9.84 Å². The molecular weight excluding hydrogens is 210 g/mol. The first kappa shape index (κ1) is 12.7. The van der Waals surface area contributed by atoms with Gasteiger partial charge < -0.3 is 15.2 Å². The van der Waals surface area contributed by atoms with E-state index in [0.717, 1.165) is 0 Å². The number of carboxylic acids is 1. The number of aliphatic carboxylic acids is 1. The van der Waals surface area contributed by atoms with Gasteiger partial charge in [0.05, 0.1) is 13.2 Å². The molecule has 0 bridgehead atoms. The van der Waals surface area contributed by atoms with Gasteiger partial charge in [-0.25, -0.2) is 4.79 Å². The quantitative estimate of drug-likeness (QED) is 0.688. The standard InChI is InChI=1S/C11H17NO4/c1-7(8(2)10(14)15)9(13)12-4-11(3)5-16-6-11/h4-6H2,1-3H3,(H,12,13)(H,14,15). The maximum Gasteiger partial charge on any atom is 0.331 e. The highest BCUT2D eigenvalue weighted by Gasteiger charge is 2.33. The van der Waals surface area contributed by atoms with Crippen molar-refractivity contribution in [2.75, 3.05) is 19.8 Å². The third-order valence-electron chi connectivity index (χ3n) is 2.80. The minimum atomic E-state index is -1.06. The van der Waals surface area contributed by atoms with Crippen molar-refractivity contribution in [1.82, 2.24) is 5.32 Å². The lowest BCUT2D eigenvalue weighted by molar-refractivity contribution is -0.133. The van der Waals surface area contributed by atoms with Gasteiger partial charge in [0.2, 0.25) is 5.91 Å². The van der Waals surface area contributed by atoms with E-state index in [2.05, 4.69) is 5.32 Å². The molecule has 5 nitrogen and oxygen atoms in total. The Morgan fingerprint density at radius 1 is 1.31 bits per heavy atom. The van der Waals surface area contributed by atoms with E-state index in [-0.39, 0.29) is 22.5 Å². The van der Waals surface area contributed by atoms with Crippen LogP contribution in [-0.4, -0.2) is 36.7 Å². The number of ether oxygens (including phenoxy) is 1. The van der Waals surface area contributed by atoms with Gasteiger partial charge in [0.25, 0.3) is 0 Å². The number of carboxylic acid groups (broad SMARTS) is 1. The summed E-state index contributed by atoms with van der Waals surface area (Å²) < 4.78 is 5.06. The molecule has 0 unspecified atom stereocenters. The molecule has 1 aliphatic rings. The molecule has 0 aromatic heterocycles. The van der Waals surface area contributed by atoms with E-state index in [0.29, 0.717) is 19.8 Å². The summed E-state index contributed by atoms with van der Waals surface area (Å²) in [5.74, 6) is -1.39. The average Bonchev–Trinajstić information content (AvgIpc) is 2.20. The summed E-state index contributed by atoms with van der Waals surface area (Å²) >= 11 is 0. The molecule has 0 atom stereocenters. The molecule has 1 saturated heterocycles. The van der Waals surface area contributed by atoms with Crippen LogP contribution in [0.2, 0.25) is 0 Å². The van der Waals surface area contributed by atoms with Crippen LogP contribution in [0.5, 0.6) is 0 Å². The van der Waals surface area contributed by atoms with E-state index in [1.54, 1.807) is 0 Å². The van der Waals surface area contributed by atoms with Crippen LogP contribution in [0.25, 0.3) is 0 Å². The van der Waals surface area contributed by atoms with E-state index >= 15 is 0 Å². The predicted octanol–water partition coefficient (Wildman–Crippen LogP) is 0.560. The topological polar surface area (TPSA) is 75.6 Å². The fourth-order valence-corrected chi connectivity index (χ4v) is 1.31. The summed E-state index contributed by atoms with van der Waals surface area (Å²) in [5.41, 5.74) is 0.316. The number of carbonyl (C=O) groups excluding carboxylic acids is 1. The van der Waals surface area contributed by atoms with Crippen LogP contribution in [0.15, 0.2) is 11.1 Å². The minimum Gasteiger partial charge on any atom is -0.478 e. The van der Waals surface area contributed by atoms with Crippen molar-refractivity contribution in [2.45, 2.75) is 20.8 Å². The number of carbonyl (C=O) groups is 2. The zero-order valence-electron chi connectivity index (χ0n) is 9.79. The fourth-order valence-electron chi connectivity index (χ4n) is 1.31. The normalized spacial score (nSPS) is 19.4. The highest BCUT2D eigenvalue weighted by Crippen LogP contribution is 2.25. The molecule has 90 valence electrons. The van der Waals surface area contributed by atoms with E-state index in [1.165, 1.54) is 13.8 Å². The van der Waals surface area contributed by atoms with Gasteiger partial charge in [0, 0.05) is 23.1 Å². The van der Waals surface area contributed by atoms with Gasteiger partial charge in [0.1, 0.15) is 0 Å². The van der Waals surface area contributed by atoms with Crippen molar-refractivity contribution in [1.29, 1.82) is 0 Å². The molecule has 5 heteroatoms. The van der Waals surface area contributed by atoms with Crippen molar-refractivity contribution in [3.63, 3.8) is 0 Å². The van der Waals surface area contributed by atoms with E-state index in [1.807, 2.05) is 6.92 Å². The van der Waals surface area contributed by atoms with Crippen LogP contribution in [0.3, 0.4) is 0 Å². The smallest absolute Gasteiger partial charge is 0.331 e. The van der Waals surface area contributed by atoms with Crippen molar-refractivity contribution < 1.29 is 19.4 Å². The molecule has 0 aromatic carbocycles. The first-order valence-corrected chi connectivity index (χ1v) is 5.12. The van der Waals surface area contributed by atoms with Gasteiger partial charge in [-0.05, 0) is 13.8 Å². The third-order valence-corrected chi connectivity index (χ3v) is 2.80. The van der Waals surface area contributed by atoms with Crippen LogP contribution in [0, 0.1) is 5.41 Å². The molecule has 0 spiro atoms. The first-order valence-electron chi connectivity index (χ1n) is 5.12. The number of hydrogen-bond donors (Lipinski definition) is 2. The maximum atomic E-state index is 11.6. The van der Waals surface area contributed by atoms with Crippen LogP contribution < -0.4 is 5.32 Å². The summed E-state index contributed by atoms with van der Waals surface area (Å²) in [6.45, 7) is 6.72. The lowest BCUT2D eigenvalue weighted by atomic mass is 9.88. The molecule has 1 rings (SSSR count). The highest BCUT2D eigenvalue weighted by atomic mass is 16.5. The van der Waals surface area contributed by atoms with Crippen molar-refractivity contribution in [3.8, 4) is 0 Å². The summed E-state index contributed by atoms with van der Waals surface area (Å²) in [6, 6.07) is 0. The van der Waals surface area contributed by atoms with Gasteiger partial charge in [-0.15, -0.1) is 0 Å². The molecule has 1 heterocycles. The summed E-state index contributed by atoms with van der Waals surface area (Å²) in [4.78, 5) is 22.3. The Bertz CT molecular complexity index is 342. The second kappa shape index (κ2) is 4.65. The molecule has 0 aliphatic carbocycles. The zero-order chi connectivity index (χ0) is 12.3. The molecular formula is C11H17NO4. The molecule has 0 aromatic rings. The van der Waals surface area contributed by atoms with Gasteiger partial charge in [0.15, 0.2) is 0 Å². The molecule has 1 amide bonds. The second-order valence-corrected chi connectivity index (χ2v) is 4.54. The average molecular weight is 227 g/mol. The number of amides is 1. The SMILES string of the molecule is CC(C(=O)O)=C(C)C(=O)NCC1(C)COC1. The van der Waals surface area contributed by atoms with E-state index < -0.39 is 5.97 Å². The molecule has 0 saturated carbocycles. The number of hydrogen-bond acceptors (Lipinski definition) is 3. The van der Waals surface area contributed by atoms with E-state index in [9.17, 15) is 9.59 Å².